The van der Waals surface area contributed by atoms with Gasteiger partial charge in [0.25, 0.3) is 0 Å². The van der Waals surface area contributed by atoms with Crippen molar-refractivity contribution in [3.63, 3.8) is 0 Å². The van der Waals surface area contributed by atoms with Gasteiger partial charge in [0.15, 0.2) is 0 Å². The van der Waals surface area contributed by atoms with Crippen molar-refractivity contribution in [2.75, 3.05) is 0 Å². The van der Waals surface area contributed by atoms with Gasteiger partial charge in [-0.05, 0) is 18.9 Å². The molecule has 0 radical (unpaired) electrons. The van der Waals surface area contributed by atoms with E-state index in [0.29, 0.717) is 12.0 Å². The molecule has 0 aliphatic carbocycles. The van der Waals surface area contributed by atoms with Crippen LogP contribution in [0.4, 0.5) is 0 Å². The Bertz CT molecular complexity index is 149. The molecule has 0 bridgehead atoms. The first-order valence-corrected chi connectivity index (χ1v) is 3.06. The van der Waals surface area contributed by atoms with E-state index in [1.54, 1.807) is 6.92 Å². The van der Waals surface area contributed by atoms with Gasteiger partial charge in [-0.2, -0.15) is 0 Å². The van der Waals surface area contributed by atoms with Crippen molar-refractivity contribution in [1.29, 1.82) is 0 Å². The highest BCUT2D eigenvalue weighted by atomic mass is 35.5. The SMILES string of the molecule is CC/C(C)=C(/Cl)C(=O)O. The fourth-order valence-corrected chi connectivity index (χ4v) is 0.471. The van der Waals surface area contributed by atoms with Gasteiger partial charge in [-0.1, -0.05) is 18.5 Å². The van der Waals surface area contributed by atoms with Crippen molar-refractivity contribution in [2.24, 2.45) is 0 Å². The lowest BCUT2D eigenvalue weighted by Gasteiger charge is -1.94. The van der Waals surface area contributed by atoms with E-state index in [0.717, 1.165) is 0 Å². The number of halogens is 1. The first kappa shape index (κ1) is 8.50. The van der Waals surface area contributed by atoms with Crippen molar-refractivity contribution in [3.05, 3.63) is 10.6 Å². The molecule has 1 N–H and O–H groups in total. The molecule has 9 heavy (non-hydrogen) atoms. The Morgan fingerprint density at radius 1 is 1.67 bits per heavy atom. The quantitative estimate of drug-likeness (QED) is 0.609. The standard InChI is InChI=1S/C6H9ClO2/c1-3-4(2)5(7)6(8)9/h3H2,1-2H3,(H,8,9)/b5-4+. The van der Waals surface area contributed by atoms with Gasteiger partial charge < -0.3 is 5.11 Å². The van der Waals surface area contributed by atoms with E-state index in [9.17, 15) is 4.79 Å². The third-order valence-electron chi connectivity index (χ3n) is 1.09. The fraction of sp³-hybridized carbons (Fsp3) is 0.500. The molecule has 0 saturated heterocycles. The molecule has 0 saturated carbocycles. The topological polar surface area (TPSA) is 37.3 Å². The molecular weight excluding hydrogens is 140 g/mol. The monoisotopic (exact) mass is 148 g/mol. The Kier molecular flexibility index (Phi) is 3.32. The van der Waals surface area contributed by atoms with Crippen LogP contribution in [0.2, 0.25) is 0 Å². The molecule has 0 aromatic carbocycles. The number of rotatable bonds is 2. The van der Waals surface area contributed by atoms with Crippen LogP contribution in [0.25, 0.3) is 0 Å². The number of carboxylic acids is 1. The average Bonchev–Trinajstić information content (AvgIpc) is 1.84. The second-order valence-corrected chi connectivity index (χ2v) is 2.13. The smallest absolute Gasteiger partial charge is 0.347 e. The van der Waals surface area contributed by atoms with Crippen LogP contribution >= 0.6 is 11.6 Å². The molecule has 2 nitrogen and oxygen atoms in total. The molecule has 0 aromatic heterocycles. The largest absolute Gasteiger partial charge is 0.477 e. The molecule has 0 unspecified atom stereocenters. The summed E-state index contributed by atoms with van der Waals surface area (Å²) in [5.74, 6) is -1.05. The first-order chi connectivity index (χ1) is 4.09. The Balaban J connectivity index is 4.28. The van der Waals surface area contributed by atoms with Crippen LogP contribution < -0.4 is 0 Å². The van der Waals surface area contributed by atoms with E-state index in [1.165, 1.54) is 0 Å². The van der Waals surface area contributed by atoms with E-state index in [1.807, 2.05) is 6.92 Å². The van der Waals surface area contributed by atoms with E-state index in [2.05, 4.69) is 0 Å². The Morgan fingerprint density at radius 3 is 2.22 bits per heavy atom. The minimum Gasteiger partial charge on any atom is -0.477 e. The molecule has 0 atom stereocenters. The van der Waals surface area contributed by atoms with Gasteiger partial charge in [0.1, 0.15) is 5.03 Å². The third kappa shape index (κ3) is 2.51. The van der Waals surface area contributed by atoms with Gasteiger partial charge in [0.2, 0.25) is 0 Å². The Labute approximate surface area is 59.1 Å². The molecule has 0 aliphatic heterocycles. The first-order valence-electron chi connectivity index (χ1n) is 2.68. The zero-order chi connectivity index (χ0) is 7.44. The summed E-state index contributed by atoms with van der Waals surface area (Å²) in [4.78, 5) is 10.1. The van der Waals surface area contributed by atoms with Crippen LogP contribution in [0.1, 0.15) is 20.3 Å². The highest BCUT2D eigenvalue weighted by Crippen LogP contribution is 2.11. The van der Waals surface area contributed by atoms with Crippen molar-refractivity contribution < 1.29 is 9.90 Å². The van der Waals surface area contributed by atoms with Crippen LogP contribution in [0.15, 0.2) is 10.6 Å². The zero-order valence-corrected chi connectivity index (χ0v) is 6.20. The van der Waals surface area contributed by atoms with Crippen LogP contribution in [0.3, 0.4) is 0 Å². The number of carbonyl (C=O) groups is 1. The summed E-state index contributed by atoms with van der Waals surface area (Å²) >= 11 is 5.35. The number of hydrogen-bond donors (Lipinski definition) is 1. The van der Waals surface area contributed by atoms with Crippen LogP contribution in [0.5, 0.6) is 0 Å². The van der Waals surface area contributed by atoms with Crippen molar-refractivity contribution in [1.82, 2.24) is 0 Å². The molecular formula is C6H9ClO2. The average molecular weight is 149 g/mol. The van der Waals surface area contributed by atoms with E-state index < -0.39 is 5.97 Å². The number of carboxylic acid groups (broad SMARTS) is 1. The molecule has 52 valence electrons. The normalized spacial score (nSPS) is 12.8. The van der Waals surface area contributed by atoms with Gasteiger partial charge in [0, 0.05) is 0 Å². The van der Waals surface area contributed by atoms with Crippen molar-refractivity contribution in [3.8, 4) is 0 Å². The zero-order valence-electron chi connectivity index (χ0n) is 5.44. The van der Waals surface area contributed by atoms with Crippen molar-refractivity contribution in [2.45, 2.75) is 20.3 Å². The highest BCUT2D eigenvalue weighted by Gasteiger charge is 2.04. The molecule has 0 fully saturated rings. The minimum absolute atomic E-state index is 0.0579. The lowest BCUT2D eigenvalue weighted by Crippen LogP contribution is -1.96. The Morgan fingerprint density at radius 2 is 2.11 bits per heavy atom. The molecule has 3 heteroatoms. The third-order valence-corrected chi connectivity index (χ3v) is 1.58. The van der Waals surface area contributed by atoms with E-state index >= 15 is 0 Å². The molecule has 0 heterocycles. The molecule has 0 rings (SSSR count). The second kappa shape index (κ2) is 3.51. The summed E-state index contributed by atoms with van der Waals surface area (Å²) in [5.41, 5.74) is 0.712. The maximum absolute atomic E-state index is 10.1. The van der Waals surface area contributed by atoms with Crippen LogP contribution in [0, 0.1) is 0 Å². The van der Waals surface area contributed by atoms with Crippen LogP contribution in [-0.2, 0) is 4.79 Å². The lowest BCUT2D eigenvalue weighted by atomic mass is 10.2. The predicted molar refractivity (Wildman–Crippen MR) is 36.5 cm³/mol. The fourth-order valence-electron chi connectivity index (χ4n) is 0.338. The van der Waals surface area contributed by atoms with Gasteiger partial charge in [0.05, 0.1) is 0 Å². The number of hydrogen-bond acceptors (Lipinski definition) is 1. The lowest BCUT2D eigenvalue weighted by molar-refractivity contribution is -0.131. The maximum atomic E-state index is 10.1. The number of allylic oxidation sites excluding steroid dienone is 1. The summed E-state index contributed by atoms with van der Waals surface area (Å²) in [6.07, 6.45) is 0.686. The van der Waals surface area contributed by atoms with E-state index in [-0.39, 0.29) is 5.03 Å². The van der Waals surface area contributed by atoms with Crippen molar-refractivity contribution >= 4 is 17.6 Å². The highest BCUT2D eigenvalue weighted by molar-refractivity contribution is 6.41. The number of aliphatic carboxylic acids is 1. The summed E-state index contributed by atoms with van der Waals surface area (Å²) in [6.45, 7) is 3.57. The van der Waals surface area contributed by atoms with Crippen LogP contribution in [-0.4, -0.2) is 11.1 Å². The summed E-state index contributed by atoms with van der Waals surface area (Å²) in [6, 6.07) is 0. The minimum atomic E-state index is -1.05. The summed E-state index contributed by atoms with van der Waals surface area (Å²) < 4.78 is 0. The molecule has 0 aliphatic rings. The molecule has 0 spiro atoms. The maximum Gasteiger partial charge on any atom is 0.347 e. The Hall–Kier alpha value is -0.500. The van der Waals surface area contributed by atoms with Gasteiger partial charge in [-0.15, -0.1) is 0 Å². The van der Waals surface area contributed by atoms with Gasteiger partial charge in [-0.3, -0.25) is 0 Å². The predicted octanol–water partition coefficient (Wildman–Crippen LogP) is 1.99. The van der Waals surface area contributed by atoms with Gasteiger partial charge >= 0.3 is 5.97 Å². The summed E-state index contributed by atoms with van der Waals surface area (Å²) in [5, 5.41) is 8.24. The summed E-state index contributed by atoms with van der Waals surface area (Å²) in [7, 11) is 0. The second-order valence-electron chi connectivity index (χ2n) is 1.75. The van der Waals surface area contributed by atoms with E-state index in [4.69, 9.17) is 16.7 Å². The van der Waals surface area contributed by atoms with Gasteiger partial charge in [-0.25, -0.2) is 4.79 Å². The molecule has 0 amide bonds. The molecule has 0 aromatic rings.